The number of nitrogens with zero attached hydrogens (tertiary/aromatic N) is 1. The van der Waals surface area contributed by atoms with E-state index in [1.54, 1.807) is 85.1 Å². The van der Waals surface area contributed by atoms with E-state index in [0.29, 0.717) is 56.4 Å². The van der Waals surface area contributed by atoms with Crippen molar-refractivity contribution in [3.05, 3.63) is 113 Å². The number of urea groups is 2. The van der Waals surface area contributed by atoms with E-state index in [-0.39, 0.29) is 34.0 Å². The fourth-order valence-corrected chi connectivity index (χ4v) is 5.95. The Balaban J connectivity index is 1.03. The van der Waals surface area contributed by atoms with E-state index >= 15 is 0 Å². The van der Waals surface area contributed by atoms with Crippen LogP contribution in [-0.2, 0) is 0 Å². The molecule has 1 aliphatic carbocycles. The van der Waals surface area contributed by atoms with Gasteiger partial charge in [0.15, 0.2) is 0 Å². The van der Waals surface area contributed by atoms with E-state index in [1.165, 1.54) is 20.3 Å². The van der Waals surface area contributed by atoms with Crippen molar-refractivity contribution in [1.29, 1.82) is 0 Å². The van der Waals surface area contributed by atoms with Crippen LogP contribution in [0, 0.1) is 0 Å². The molecule has 1 fully saturated rings. The van der Waals surface area contributed by atoms with Gasteiger partial charge in [-0.2, -0.15) is 0 Å². The predicted molar refractivity (Wildman–Crippen MR) is 207 cm³/mol. The van der Waals surface area contributed by atoms with Crippen LogP contribution in [0.2, 0.25) is 5.02 Å². The second-order valence-electron chi connectivity index (χ2n) is 12.4. The molecule has 6 N–H and O–H groups in total. The molecule has 7 rings (SSSR count). The third kappa shape index (κ3) is 8.29. The fourth-order valence-electron chi connectivity index (χ4n) is 5.74. The molecule has 6 aromatic rings. The van der Waals surface area contributed by atoms with Crippen molar-refractivity contribution in [3.63, 3.8) is 0 Å². The van der Waals surface area contributed by atoms with Gasteiger partial charge in [0.25, 0.3) is 11.8 Å². The maximum Gasteiger partial charge on any atom is 0.326 e. The van der Waals surface area contributed by atoms with Gasteiger partial charge in [0, 0.05) is 40.8 Å². The van der Waals surface area contributed by atoms with Crippen LogP contribution < -0.4 is 45.9 Å². The molecule has 15 heteroatoms. The number of amides is 6. The summed E-state index contributed by atoms with van der Waals surface area (Å²) >= 11 is 6.44. The summed E-state index contributed by atoms with van der Waals surface area (Å²) in [5, 5.41) is 12.7. The van der Waals surface area contributed by atoms with Crippen LogP contribution >= 0.6 is 11.6 Å². The first-order valence-corrected chi connectivity index (χ1v) is 17.3. The Labute approximate surface area is 318 Å². The minimum atomic E-state index is -0.792. The summed E-state index contributed by atoms with van der Waals surface area (Å²) in [5.74, 6) is 0.816. The van der Waals surface area contributed by atoms with Crippen molar-refractivity contribution in [3.8, 4) is 34.5 Å². The largest absolute Gasteiger partial charge is 0.496 e. The molecule has 1 aliphatic rings. The minimum Gasteiger partial charge on any atom is -0.496 e. The summed E-state index contributed by atoms with van der Waals surface area (Å²) in [5.41, 5.74) is 7.09. The molecular weight excluding hydrogens is 728 g/mol. The fraction of sp³-hybridized carbons (Fsp3) is 0.125. The average Bonchev–Trinajstić information content (AvgIpc) is 3.99. The van der Waals surface area contributed by atoms with Gasteiger partial charge in [0.1, 0.15) is 34.5 Å². The van der Waals surface area contributed by atoms with E-state index in [0.717, 1.165) is 18.2 Å². The number of rotatable bonds is 11. The van der Waals surface area contributed by atoms with Crippen molar-refractivity contribution in [2.45, 2.75) is 18.9 Å². The number of carbonyl (C=O) groups is 4. The number of benzene rings is 5. The van der Waals surface area contributed by atoms with Crippen LogP contribution in [0.25, 0.3) is 21.7 Å². The zero-order valence-corrected chi connectivity index (χ0v) is 30.2. The number of imide groups is 1. The Bertz CT molecular complexity index is 2490. The molecule has 0 atom stereocenters. The zero-order valence-electron chi connectivity index (χ0n) is 29.4. The standard InChI is InChI=1S/C40H33ClN6O8/c1-52-35-16-21-4-3-5-33(26(21)18-28(35)37(42)48)54-24-10-8-23(9-11-24)45-40(51)47-38(49)29-19-27-32(20-36(29)53-2)43-15-14-34(27)55-25-12-13-31(30(41)17-25)46-39(50)44-22-6-7-22/h3-5,8-20,22H,6-7H2,1-2H3,(H2,42,48)(H2,44,46,50)(H2,45,47,49,51). The van der Waals surface area contributed by atoms with E-state index in [4.69, 9.17) is 36.3 Å². The maximum absolute atomic E-state index is 13.4. The van der Waals surface area contributed by atoms with E-state index in [9.17, 15) is 19.2 Å². The number of fused-ring (bicyclic) bond motifs is 2. The topological polar surface area (TPSA) is 192 Å². The van der Waals surface area contributed by atoms with E-state index < -0.39 is 17.8 Å². The van der Waals surface area contributed by atoms with Crippen LogP contribution in [0.1, 0.15) is 33.6 Å². The van der Waals surface area contributed by atoms with Crippen LogP contribution in [0.3, 0.4) is 0 Å². The highest BCUT2D eigenvalue weighted by Gasteiger charge is 2.24. The average molecular weight is 761 g/mol. The van der Waals surface area contributed by atoms with E-state index in [2.05, 4.69) is 26.3 Å². The normalized spacial score (nSPS) is 12.1. The van der Waals surface area contributed by atoms with Crippen molar-refractivity contribution < 1.29 is 38.1 Å². The second-order valence-corrected chi connectivity index (χ2v) is 12.8. The molecule has 0 radical (unpaired) electrons. The molecule has 55 heavy (non-hydrogen) atoms. The monoisotopic (exact) mass is 760 g/mol. The van der Waals surface area contributed by atoms with Gasteiger partial charge in [-0.1, -0.05) is 23.7 Å². The van der Waals surface area contributed by atoms with Crippen molar-refractivity contribution >= 4 is 68.5 Å². The van der Waals surface area contributed by atoms with Gasteiger partial charge >= 0.3 is 12.1 Å². The number of halogens is 1. The van der Waals surface area contributed by atoms with Gasteiger partial charge in [-0.05, 0) is 85.0 Å². The zero-order chi connectivity index (χ0) is 38.6. The molecule has 1 saturated carbocycles. The van der Waals surface area contributed by atoms with Gasteiger partial charge in [0.2, 0.25) is 0 Å². The number of aromatic nitrogens is 1. The molecular formula is C40H33ClN6O8. The number of carbonyl (C=O) groups excluding carboxylic acids is 4. The van der Waals surface area contributed by atoms with Gasteiger partial charge < -0.3 is 40.6 Å². The number of nitrogens with two attached hydrogens (primary N) is 1. The van der Waals surface area contributed by atoms with Crippen molar-refractivity contribution in [2.24, 2.45) is 5.73 Å². The number of anilines is 2. The maximum atomic E-state index is 13.4. The highest BCUT2D eigenvalue weighted by atomic mass is 35.5. The highest BCUT2D eigenvalue weighted by Crippen LogP contribution is 2.37. The number of hydrogen-bond acceptors (Lipinski definition) is 9. The molecule has 5 aromatic carbocycles. The number of nitrogens with one attached hydrogen (secondary N) is 4. The molecule has 1 aromatic heterocycles. The van der Waals surface area contributed by atoms with Gasteiger partial charge in [0.05, 0.1) is 41.6 Å². The lowest BCUT2D eigenvalue weighted by Crippen LogP contribution is -2.34. The van der Waals surface area contributed by atoms with Crippen LogP contribution in [-0.4, -0.2) is 49.1 Å². The summed E-state index contributed by atoms with van der Waals surface area (Å²) < 4.78 is 23.0. The minimum absolute atomic E-state index is 0.0539. The number of ether oxygens (including phenoxy) is 4. The summed E-state index contributed by atoms with van der Waals surface area (Å²) in [4.78, 5) is 54.9. The molecule has 1 heterocycles. The lowest BCUT2D eigenvalue weighted by atomic mass is 10.0. The Hall–Kier alpha value is -7.06. The Kier molecular flexibility index (Phi) is 10.2. The quantitative estimate of drug-likeness (QED) is 0.0871. The van der Waals surface area contributed by atoms with Crippen molar-refractivity contribution in [2.75, 3.05) is 24.9 Å². The summed E-state index contributed by atoms with van der Waals surface area (Å²) in [6.45, 7) is 0. The summed E-state index contributed by atoms with van der Waals surface area (Å²) in [7, 11) is 2.86. The number of methoxy groups -OCH3 is 2. The second kappa shape index (κ2) is 15.5. The molecule has 14 nitrogen and oxygen atoms in total. The molecule has 0 spiro atoms. The summed E-state index contributed by atoms with van der Waals surface area (Å²) in [6, 6.07) is 23.8. The molecule has 0 aliphatic heterocycles. The summed E-state index contributed by atoms with van der Waals surface area (Å²) in [6.07, 6.45) is 3.45. The van der Waals surface area contributed by atoms with Gasteiger partial charge in [-0.3, -0.25) is 19.9 Å². The van der Waals surface area contributed by atoms with Gasteiger partial charge in [-0.15, -0.1) is 0 Å². The third-order valence-electron chi connectivity index (χ3n) is 8.59. The Morgan fingerprint density at radius 3 is 2.13 bits per heavy atom. The first-order chi connectivity index (χ1) is 26.6. The molecule has 0 saturated heterocycles. The molecule has 6 amide bonds. The van der Waals surface area contributed by atoms with Gasteiger partial charge in [-0.25, -0.2) is 9.59 Å². The molecule has 278 valence electrons. The van der Waals surface area contributed by atoms with Crippen LogP contribution in [0.15, 0.2) is 97.2 Å². The SMILES string of the molecule is COc1cc2cccc(Oc3ccc(NC(=O)NC(=O)c4cc5c(Oc6ccc(NC(=O)NC7CC7)c(Cl)c6)ccnc5cc4OC)cc3)c2cc1C(N)=O. The van der Waals surface area contributed by atoms with Crippen LogP contribution in [0.5, 0.6) is 34.5 Å². The van der Waals surface area contributed by atoms with Crippen LogP contribution in [0.4, 0.5) is 21.0 Å². The van der Waals surface area contributed by atoms with Crippen molar-refractivity contribution in [1.82, 2.24) is 15.6 Å². The number of primary amides is 1. The highest BCUT2D eigenvalue weighted by molar-refractivity contribution is 6.33. The first-order valence-electron chi connectivity index (χ1n) is 16.9. The predicted octanol–water partition coefficient (Wildman–Crippen LogP) is 7.99. The third-order valence-corrected chi connectivity index (χ3v) is 8.90. The molecule has 0 bridgehead atoms. The number of hydrogen-bond donors (Lipinski definition) is 5. The lowest BCUT2D eigenvalue weighted by molar-refractivity contribution is 0.0962. The number of pyridine rings is 1. The first kappa shape index (κ1) is 36.3. The van der Waals surface area contributed by atoms with E-state index in [1.807, 2.05) is 6.07 Å². The Morgan fingerprint density at radius 2 is 1.42 bits per heavy atom. The Morgan fingerprint density at radius 1 is 0.727 bits per heavy atom. The smallest absolute Gasteiger partial charge is 0.326 e. The lowest BCUT2D eigenvalue weighted by Gasteiger charge is -2.14. The molecule has 0 unspecified atom stereocenters.